The molecular weight excluding hydrogens is 232 g/mol. The second kappa shape index (κ2) is 4.10. The highest BCUT2D eigenvalue weighted by atomic mass is 16.5. The van der Waals surface area contributed by atoms with Crippen LogP contribution in [0.15, 0.2) is 17.2 Å². The van der Waals surface area contributed by atoms with E-state index in [-0.39, 0.29) is 0 Å². The van der Waals surface area contributed by atoms with Gasteiger partial charge in [-0.2, -0.15) is 0 Å². The first kappa shape index (κ1) is 10.7. The van der Waals surface area contributed by atoms with Crippen molar-refractivity contribution in [2.24, 2.45) is 0 Å². The van der Waals surface area contributed by atoms with Crippen LogP contribution in [0, 0.1) is 13.8 Å². The van der Waals surface area contributed by atoms with Gasteiger partial charge in [0.05, 0.1) is 12.0 Å². The molecule has 3 heterocycles. The highest BCUT2D eigenvalue weighted by Crippen LogP contribution is 2.18. The van der Waals surface area contributed by atoms with Crippen LogP contribution in [-0.2, 0) is 6.54 Å². The molecule has 0 aromatic carbocycles. The Morgan fingerprint density at radius 2 is 2.17 bits per heavy atom. The Morgan fingerprint density at radius 3 is 2.94 bits per heavy atom. The molecule has 0 aliphatic heterocycles. The first-order valence-corrected chi connectivity index (χ1v) is 5.55. The molecule has 3 aromatic rings. The maximum Gasteiger partial charge on any atom is 0.182 e. The molecule has 7 heteroatoms. The van der Waals surface area contributed by atoms with E-state index in [1.54, 1.807) is 6.33 Å². The lowest BCUT2D eigenvalue weighted by Crippen LogP contribution is -2.04. The van der Waals surface area contributed by atoms with Gasteiger partial charge in [-0.1, -0.05) is 5.16 Å². The van der Waals surface area contributed by atoms with E-state index in [2.05, 4.69) is 30.4 Å². The van der Waals surface area contributed by atoms with Gasteiger partial charge in [-0.25, -0.2) is 15.0 Å². The van der Waals surface area contributed by atoms with Crippen LogP contribution in [0.3, 0.4) is 0 Å². The quantitative estimate of drug-likeness (QED) is 0.726. The van der Waals surface area contributed by atoms with Crippen LogP contribution in [0.4, 0.5) is 5.82 Å². The van der Waals surface area contributed by atoms with Crippen molar-refractivity contribution in [1.82, 2.24) is 25.1 Å². The van der Waals surface area contributed by atoms with Gasteiger partial charge >= 0.3 is 0 Å². The molecule has 0 radical (unpaired) electrons. The molecule has 0 aliphatic carbocycles. The van der Waals surface area contributed by atoms with Crippen molar-refractivity contribution < 1.29 is 4.52 Å². The molecule has 0 spiro atoms. The predicted molar refractivity (Wildman–Crippen MR) is 65.0 cm³/mol. The molecule has 0 bridgehead atoms. The molecule has 0 fully saturated rings. The molecule has 92 valence electrons. The van der Waals surface area contributed by atoms with Crippen molar-refractivity contribution in [2.75, 3.05) is 5.32 Å². The summed E-state index contributed by atoms with van der Waals surface area (Å²) in [5, 5.41) is 7.15. The van der Waals surface area contributed by atoms with Gasteiger partial charge in [0.15, 0.2) is 11.5 Å². The number of imidazole rings is 1. The molecule has 0 unspecified atom stereocenters. The van der Waals surface area contributed by atoms with Gasteiger partial charge in [0.1, 0.15) is 17.6 Å². The molecule has 3 rings (SSSR count). The molecule has 2 N–H and O–H groups in total. The first-order valence-electron chi connectivity index (χ1n) is 5.55. The predicted octanol–water partition coefficient (Wildman–Crippen LogP) is 1.57. The monoisotopic (exact) mass is 244 g/mol. The van der Waals surface area contributed by atoms with E-state index in [4.69, 9.17) is 4.52 Å². The lowest BCUT2D eigenvalue weighted by molar-refractivity contribution is 0.392. The van der Waals surface area contributed by atoms with E-state index >= 15 is 0 Å². The summed E-state index contributed by atoms with van der Waals surface area (Å²) in [7, 11) is 0. The SMILES string of the molecule is Cc1noc(C)c1CNc1ncnc2nc[nH]c12. The van der Waals surface area contributed by atoms with E-state index in [1.165, 1.54) is 6.33 Å². The smallest absolute Gasteiger partial charge is 0.182 e. The minimum Gasteiger partial charge on any atom is -0.364 e. The molecule has 0 saturated carbocycles. The van der Waals surface area contributed by atoms with Crippen molar-refractivity contribution in [2.45, 2.75) is 20.4 Å². The topological polar surface area (TPSA) is 92.5 Å². The van der Waals surface area contributed by atoms with Crippen LogP contribution in [0.2, 0.25) is 0 Å². The van der Waals surface area contributed by atoms with Crippen LogP contribution >= 0.6 is 0 Å². The number of fused-ring (bicyclic) bond motifs is 1. The van der Waals surface area contributed by atoms with E-state index in [0.29, 0.717) is 12.2 Å². The van der Waals surface area contributed by atoms with Gasteiger partial charge < -0.3 is 14.8 Å². The van der Waals surface area contributed by atoms with Crippen LogP contribution in [0.25, 0.3) is 11.2 Å². The zero-order chi connectivity index (χ0) is 12.5. The van der Waals surface area contributed by atoms with Crippen molar-refractivity contribution in [3.63, 3.8) is 0 Å². The number of nitrogens with one attached hydrogen (secondary N) is 2. The average molecular weight is 244 g/mol. The highest BCUT2D eigenvalue weighted by Gasteiger charge is 2.10. The Hall–Kier alpha value is -2.44. The van der Waals surface area contributed by atoms with Gasteiger partial charge in [0, 0.05) is 12.1 Å². The van der Waals surface area contributed by atoms with E-state index in [0.717, 1.165) is 28.4 Å². The second-order valence-corrected chi connectivity index (χ2v) is 3.98. The lowest BCUT2D eigenvalue weighted by Gasteiger charge is -2.05. The average Bonchev–Trinajstić information content (AvgIpc) is 2.95. The van der Waals surface area contributed by atoms with Gasteiger partial charge in [-0.05, 0) is 13.8 Å². The number of rotatable bonds is 3. The van der Waals surface area contributed by atoms with Crippen molar-refractivity contribution in [3.8, 4) is 0 Å². The number of nitrogens with zero attached hydrogens (tertiary/aromatic N) is 4. The standard InChI is InChI=1S/C11H12N6O/c1-6-8(7(2)18-17-6)3-12-10-9-11(14-4-13-9)16-5-15-10/h4-5H,3H2,1-2H3,(H2,12,13,14,15,16). The third-order valence-electron chi connectivity index (χ3n) is 2.84. The maximum atomic E-state index is 5.11. The lowest BCUT2D eigenvalue weighted by atomic mass is 10.2. The first-order chi connectivity index (χ1) is 8.75. The molecular formula is C11H12N6O. The summed E-state index contributed by atoms with van der Waals surface area (Å²) in [6.45, 7) is 4.41. The van der Waals surface area contributed by atoms with Crippen LogP contribution in [-0.4, -0.2) is 25.1 Å². The minimum atomic E-state index is 0.603. The van der Waals surface area contributed by atoms with Gasteiger partial charge in [0.25, 0.3) is 0 Å². The zero-order valence-corrected chi connectivity index (χ0v) is 10.1. The van der Waals surface area contributed by atoms with Gasteiger partial charge in [-0.3, -0.25) is 0 Å². The summed E-state index contributed by atoms with van der Waals surface area (Å²) in [5.41, 5.74) is 3.37. The minimum absolute atomic E-state index is 0.603. The van der Waals surface area contributed by atoms with Crippen molar-refractivity contribution >= 4 is 17.0 Å². The Balaban J connectivity index is 1.87. The number of H-pyrrole nitrogens is 1. The summed E-state index contributed by atoms with van der Waals surface area (Å²) in [6.07, 6.45) is 3.08. The molecule has 18 heavy (non-hydrogen) atoms. The van der Waals surface area contributed by atoms with E-state index < -0.39 is 0 Å². The Morgan fingerprint density at radius 1 is 1.28 bits per heavy atom. The Bertz CT molecular complexity index is 666. The molecule has 3 aromatic heterocycles. The molecule has 0 saturated heterocycles. The third-order valence-corrected chi connectivity index (χ3v) is 2.84. The zero-order valence-electron chi connectivity index (χ0n) is 10.1. The summed E-state index contributed by atoms with van der Waals surface area (Å²) in [6, 6.07) is 0. The van der Waals surface area contributed by atoms with E-state index in [9.17, 15) is 0 Å². The number of aryl methyl sites for hydroxylation is 2. The number of aromatic amines is 1. The fourth-order valence-corrected chi connectivity index (χ4v) is 1.83. The fraction of sp³-hybridized carbons (Fsp3) is 0.273. The van der Waals surface area contributed by atoms with Crippen LogP contribution in [0.5, 0.6) is 0 Å². The molecule has 0 atom stereocenters. The maximum absolute atomic E-state index is 5.11. The number of aromatic nitrogens is 5. The Kier molecular flexibility index (Phi) is 2.44. The number of hydrogen-bond acceptors (Lipinski definition) is 6. The molecule has 0 amide bonds. The normalized spacial score (nSPS) is 11.0. The second-order valence-electron chi connectivity index (χ2n) is 3.98. The molecule has 7 nitrogen and oxygen atoms in total. The van der Waals surface area contributed by atoms with Crippen LogP contribution < -0.4 is 5.32 Å². The van der Waals surface area contributed by atoms with Gasteiger partial charge in [0.2, 0.25) is 0 Å². The van der Waals surface area contributed by atoms with Gasteiger partial charge in [-0.15, -0.1) is 0 Å². The van der Waals surface area contributed by atoms with Crippen LogP contribution in [0.1, 0.15) is 17.0 Å². The molecule has 0 aliphatic rings. The summed E-state index contributed by atoms with van der Waals surface area (Å²) in [4.78, 5) is 15.3. The number of anilines is 1. The summed E-state index contributed by atoms with van der Waals surface area (Å²) >= 11 is 0. The fourth-order valence-electron chi connectivity index (χ4n) is 1.83. The Labute approximate surface area is 103 Å². The van der Waals surface area contributed by atoms with E-state index in [1.807, 2.05) is 13.8 Å². The highest BCUT2D eigenvalue weighted by molar-refractivity contribution is 5.81. The third kappa shape index (κ3) is 1.69. The number of hydrogen-bond donors (Lipinski definition) is 2. The summed E-state index contributed by atoms with van der Waals surface area (Å²) in [5.74, 6) is 1.53. The van der Waals surface area contributed by atoms with Crippen molar-refractivity contribution in [3.05, 3.63) is 29.7 Å². The largest absolute Gasteiger partial charge is 0.364 e. The summed E-state index contributed by atoms with van der Waals surface area (Å²) < 4.78 is 5.11. The van der Waals surface area contributed by atoms with Crippen molar-refractivity contribution in [1.29, 1.82) is 0 Å².